The van der Waals surface area contributed by atoms with Crippen LogP contribution < -0.4 is 5.32 Å². The number of nitrogens with zero attached hydrogens (tertiary/aromatic N) is 1. The van der Waals surface area contributed by atoms with Crippen LogP contribution in [0.3, 0.4) is 0 Å². The zero-order valence-corrected chi connectivity index (χ0v) is 11.6. The molecular formula is C15H20N2O2. The first-order chi connectivity index (χ1) is 9.13. The molecule has 0 saturated heterocycles. The van der Waals surface area contributed by atoms with Gasteiger partial charge >= 0.3 is 0 Å². The Balaban J connectivity index is 2.14. The largest absolute Gasteiger partial charge is 0.459 e. The second kappa shape index (κ2) is 5.89. The summed E-state index contributed by atoms with van der Waals surface area (Å²) in [7, 11) is 3.66. The molecule has 0 bridgehead atoms. The van der Waals surface area contributed by atoms with Crippen molar-refractivity contribution in [2.24, 2.45) is 0 Å². The van der Waals surface area contributed by atoms with Gasteiger partial charge in [-0.15, -0.1) is 0 Å². The first-order valence-corrected chi connectivity index (χ1v) is 6.52. The number of rotatable bonds is 5. The maximum Gasteiger partial charge on any atom is 0.224 e. The van der Waals surface area contributed by atoms with Gasteiger partial charge in [0.25, 0.3) is 0 Å². The highest BCUT2D eigenvalue weighted by molar-refractivity contribution is 5.79. The van der Waals surface area contributed by atoms with E-state index in [1.165, 1.54) is 0 Å². The van der Waals surface area contributed by atoms with Crippen molar-refractivity contribution < 1.29 is 9.21 Å². The summed E-state index contributed by atoms with van der Waals surface area (Å²) in [5, 5.41) is 4.05. The quantitative estimate of drug-likeness (QED) is 0.898. The monoisotopic (exact) mass is 260 g/mol. The minimum atomic E-state index is -0.0586. The van der Waals surface area contributed by atoms with Crippen molar-refractivity contribution in [1.82, 2.24) is 10.2 Å². The number of benzene rings is 1. The number of para-hydroxylation sites is 1. The molecule has 0 aliphatic carbocycles. The molecule has 2 rings (SSSR count). The number of hydrogen-bond donors (Lipinski definition) is 1. The smallest absolute Gasteiger partial charge is 0.224 e. The van der Waals surface area contributed by atoms with Crippen molar-refractivity contribution in [2.45, 2.75) is 19.4 Å². The summed E-state index contributed by atoms with van der Waals surface area (Å²) in [5.74, 6) is 0.934. The van der Waals surface area contributed by atoms with Gasteiger partial charge in [0.2, 0.25) is 5.91 Å². The van der Waals surface area contributed by atoms with Crippen molar-refractivity contribution >= 4 is 16.9 Å². The van der Waals surface area contributed by atoms with E-state index in [1.54, 1.807) is 4.90 Å². The standard InChI is InChI=1S/C15H20N2O2/c1-11(17(3)15(18)8-9-16-2)14-10-12-6-4-5-7-13(12)19-14/h4-7,10-11,16H,8-9H2,1-3H3. The fourth-order valence-electron chi connectivity index (χ4n) is 2.02. The van der Waals surface area contributed by atoms with Crippen molar-refractivity contribution in [3.05, 3.63) is 36.1 Å². The van der Waals surface area contributed by atoms with E-state index in [1.807, 2.05) is 51.4 Å². The van der Waals surface area contributed by atoms with E-state index >= 15 is 0 Å². The lowest BCUT2D eigenvalue weighted by atomic mass is 10.2. The van der Waals surface area contributed by atoms with E-state index in [0.29, 0.717) is 13.0 Å². The third-order valence-corrected chi connectivity index (χ3v) is 3.42. The second-order valence-electron chi connectivity index (χ2n) is 4.72. The molecule has 0 saturated carbocycles. The van der Waals surface area contributed by atoms with Crippen LogP contribution in [0.25, 0.3) is 11.0 Å². The molecule has 19 heavy (non-hydrogen) atoms. The predicted octanol–water partition coefficient (Wildman–Crippen LogP) is 2.56. The highest BCUT2D eigenvalue weighted by Crippen LogP contribution is 2.26. The third kappa shape index (κ3) is 2.96. The van der Waals surface area contributed by atoms with E-state index in [0.717, 1.165) is 16.7 Å². The Morgan fingerprint density at radius 1 is 1.42 bits per heavy atom. The molecular weight excluding hydrogens is 240 g/mol. The van der Waals surface area contributed by atoms with Crippen LogP contribution in [0.4, 0.5) is 0 Å². The summed E-state index contributed by atoms with van der Waals surface area (Å²) in [6.07, 6.45) is 0.498. The Morgan fingerprint density at radius 3 is 2.84 bits per heavy atom. The molecule has 1 unspecified atom stereocenters. The summed E-state index contributed by atoms with van der Waals surface area (Å²) in [6, 6.07) is 9.82. The third-order valence-electron chi connectivity index (χ3n) is 3.42. The number of fused-ring (bicyclic) bond motifs is 1. The van der Waals surface area contributed by atoms with Crippen LogP contribution in [0.2, 0.25) is 0 Å². The minimum Gasteiger partial charge on any atom is -0.459 e. The first-order valence-electron chi connectivity index (χ1n) is 6.52. The van der Waals surface area contributed by atoms with Crippen LogP contribution in [0, 0.1) is 0 Å². The molecule has 1 aromatic carbocycles. The van der Waals surface area contributed by atoms with E-state index in [4.69, 9.17) is 4.42 Å². The predicted molar refractivity (Wildman–Crippen MR) is 75.9 cm³/mol. The Kier molecular flexibility index (Phi) is 4.22. The lowest BCUT2D eigenvalue weighted by molar-refractivity contribution is -0.132. The molecule has 1 amide bonds. The zero-order valence-electron chi connectivity index (χ0n) is 11.6. The fourth-order valence-corrected chi connectivity index (χ4v) is 2.02. The first kappa shape index (κ1) is 13.6. The highest BCUT2D eigenvalue weighted by Gasteiger charge is 2.20. The van der Waals surface area contributed by atoms with Crippen molar-refractivity contribution in [3.8, 4) is 0 Å². The fraction of sp³-hybridized carbons (Fsp3) is 0.400. The average Bonchev–Trinajstić information content (AvgIpc) is 2.86. The van der Waals surface area contributed by atoms with E-state index in [-0.39, 0.29) is 11.9 Å². The molecule has 1 aromatic heterocycles. The van der Waals surface area contributed by atoms with Crippen molar-refractivity contribution in [3.63, 3.8) is 0 Å². The molecule has 0 spiro atoms. The molecule has 0 aliphatic rings. The molecule has 1 N–H and O–H groups in total. The van der Waals surface area contributed by atoms with Crippen LogP contribution in [0.5, 0.6) is 0 Å². The van der Waals surface area contributed by atoms with Gasteiger partial charge < -0.3 is 14.6 Å². The summed E-state index contributed by atoms with van der Waals surface area (Å²) in [4.78, 5) is 13.7. The van der Waals surface area contributed by atoms with Gasteiger partial charge in [-0.25, -0.2) is 0 Å². The van der Waals surface area contributed by atoms with E-state index in [2.05, 4.69) is 5.32 Å². The highest BCUT2D eigenvalue weighted by atomic mass is 16.3. The molecule has 0 aliphatic heterocycles. The minimum absolute atomic E-state index is 0.0586. The van der Waals surface area contributed by atoms with Gasteiger partial charge in [-0.3, -0.25) is 4.79 Å². The summed E-state index contributed by atoms with van der Waals surface area (Å²) in [6.45, 7) is 2.67. The number of furan rings is 1. The average molecular weight is 260 g/mol. The molecule has 102 valence electrons. The lowest BCUT2D eigenvalue weighted by Crippen LogP contribution is -2.31. The number of amides is 1. The Hall–Kier alpha value is -1.81. The van der Waals surface area contributed by atoms with Gasteiger partial charge in [-0.1, -0.05) is 18.2 Å². The summed E-state index contributed by atoms with van der Waals surface area (Å²) >= 11 is 0. The van der Waals surface area contributed by atoms with Crippen LogP contribution in [0.1, 0.15) is 25.1 Å². The van der Waals surface area contributed by atoms with Crippen LogP contribution >= 0.6 is 0 Å². The number of carbonyl (C=O) groups is 1. The Bertz CT molecular complexity index is 529. The van der Waals surface area contributed by atoms with Gasteiger partial charge in [-0.05, 0) is 26.1 Å². The molecule has 2 aromatic rings. The van der Waals surface area contributed by atoms with Gasteiger partial charge in [0.1, 0.15) is 11.3 Å². The number of hydrogen-bond acceptors (Lipinski definition) is 3. The maximum atomic E-state index is 12.0. The van der Waals surface area contributed by atoms with E-state index < -0.39 is 0 Å². The SMILES string of the molecule is CNCCC(=O)N(C)C(C)c1cc2ccccc2o1. The normalized spacial score (nSPS) is 12.6. The van der Waals surface area contributed by atoms with Gasteiger partial charge in [-0.2, -0.15) is 0 Å². The zero-order chi connectivity index (χ0) is 13.8. The maximum absolute atomic E-state index is 12.0. The van der Waals surface area contributed by atoms with Crippen LogP contribution in [0.15, 0.2) is 34.7 Å². The molecule has 1 atom stereocenters. The van der Waals surface area contributed by atoms with Gasteiger partial charge in [0, 0.05) is 25.4 Å². The Labute approximate surface area is 113 Å². The Morgan fingerprint density at radius 2 is 2.16 bits per heavy atom. The molecule has 4 nitrogen and oxygen atoms in total. The summed E-state index contributed by atoms with van der Waals surface area (Å²) < 4.78 is 5.80. The lowest BCUT2D eigenvalue weighted by Gasteiger charge is -2.23. The van der Waals surface area contributed by atoms with E-state index in [9.17, 15) is 4.79 Å². The van der Waals surface area contributed by atoms with Crippen molar-refractivity contribution in [1.29, 1.82) is 0 Å². The number of carbonyl (C=O) groups excluding carboxylic acids is 1. The van der Waals surface area contributed by atoms with Gasteiger partial charge in [0.15, 0.2) is 0 Å². The molecule has 0 radical (unpaired) electrons. The van der Waals surface area contributed by atoms with Crippen LogP contribution in [-0.4, -0.2) is 31.4 Å². The molecule has 0 fully saturated rings. The van der Waals surface area contributed by atoms with Gasteiger partial charge in [0.05, 0.1) is 6.04 Å². The number of nitrogens with one attached hydrogen (secondary N) is 1. The molecule has 4 heteroatoms. The topological polar surface area (TPSA) is 45.5 Å². The summed E-state index contributed by atoms with van der Waals surface area (Å²) in [5.41, 5.74) is 0.862. The van der Waals surface area contributed by atoms with Crippen molar-refractivity contribution in [2.75, 3.05) is 20.6 Å². The van der Waals surface area contributed by atoms with Crippen LogP contribution in [-0.2, 0) is 4.79 Å². The second-order valence-corrected chi connectivity index (χ2v) is 4.72. The molecule has 1 heterocycles.